The molecule has 2 heteroatoms. The summed E-state index contributed by atoms with van der Waals surface area (Å²) in [6, 6.07) is 4.39. The second kappa shape index (κ2) is 2.09. The van der Waals surface area contributed by atoms with Gasteiger partial charge in [0.15, 0.2) is 0 Å². The topological polar surface area (TPSA) is 17.3 Å². The van der Waals surface area contributed by atoms with Gasteiger partial charge in [-0.05, 0) is 36.5 Å². The number of imidazole rings is 1. The van der Waals surface area contributed by atoms with Gasteiger partial charge in [-0.15, -0.1) is 0 Å². The van der Waals surface area contributed by atoms with Crippen LogP contribution in [0.15, 0.2) is 30.7 Å². The summed E-state index contributed by atoms with van der Waals surface area (Å²) in [6.45, 7) is 0. The average molecular weight is 158 g/mol. The van der Waals surface area contributed by atoms with Crippen molar-refractivity contribution in [1.29, 1.82) is 0 Å². The van der Waals surface area contributed by atoms with E-state index < -0.39 is 0 Å². The molecular formula is C10H10N2. The Labute approximate surface area is 70.9 Å². The molecule has 0 aliphatic heterocycles. The Morgan fingerprint density at radius 2 is 2.25 bits per heavy atom. The van der Waals surface area contributed by atoms with E-state index in [1.165, 1.54) is 18.4 Å². The summed E-state index contributed by atoms with van der Waals surface area (Å²) in [5, 5.41) is 0. The molecule has 1 saturated carbocycles. The Morgan fingerprint density at radius 1 is 1.33 bits per heavy atom. The summed E-state index contributed by atoms with van der Waals surface area (Å²) in [4.78, 5) is 4.25. The van der Waals surface area contributed by atoms with E-state index in [2.05, 4.69) is 23.3 Å². The third-order valence-corrected chi connectivity index (χ3v) is 2.47. The minimum atomic E-state index is 0.826. The van der Waals surface area contributed by atoms with Crippen LogP contribution in [0.4, 0.5) is 0 Å². The van der Waals surface area contributed by atoms with Gasteiger partial charge in [0.25, 0.3) is 0 Å². The first-order valence-electron chi connectivity index (χ1n) is 4.36. The van der Waals surface area contributed by atoms with Crippen LogP contribution < -0.4 is 0 Å². The van der Waals surface area contributed by atoms with Gasteiger partial charge in [0, 0.05) is 18.6 Å². The summed E-state index contributed by atoms with van der Waals surface area (Å²) in [5.41, 5.74) is 2.52. The highest BCUT2D eigenvalue weighted by Crippen LogP contribution is 2.39. The van der Waals surface area contributed by atoms with Gasteiger partial charge < -0.3 is 4.40 Å². The number of aromatic nitrogens is 2. The third kappa shape index (κ3) is 0.843. The van der Waals surface area contributed by atoms with Gasteiger partial charge in [0.05, 0.1) is 0 Å². The molecule has 0 N–H and O–H groups in total. The molecule has 12 heavy (non-hydrogen) atoms. The summed E-state index contributed by atoms with van der Waals surface area (Å²) in [5.74, 6) is 0.826. The van der Waals surface area contributed by atoms with Crippen molar-refractivity contribution >= 4 is 5.65 Å². The maximum Gasteiger partial charge on any atom is 0.136 e. The van der Waals surface area contributed by atoms with Crippen LogP contribution in [0, 0.1) is 0 Å². The highest BCUT2D eigenvalue weighted by Gasteiger charge is 2.23. The van der Waals surface area contributed by atoms with E-state index in [4.69, 9.17) is 0 Å². The van der Waals surface area contributed by atoms with Crippen LogP contribution in [0.2, 0.25) is 0 Å². The van der Waals surface area contributed by atoms with E-state index in [0.717, 1.165) is 11.6 Å². The molecule has 0 radical (unpaired) electrons. The lowest BCUT2D eigenvalue weighted by Crippen LogP contribution is -1.85. The molecule has 3 rings (SSSR count). The van der Waals surface area contributed by atoms with E-state index in [-0.39, 0.29) is 0 Å². The van der Waals surface area contributed by atoms with E-state index in [1.54, 1.807) is 0 Å². The molecule has 0 aromatic carbocycles. The quantitative estimate of drug-likeness (QED) is 0.622. The van der Waals surface area contributed by atoms with Gasteiger partial charge in [0.2, 0.25) is 0 Å². The van der Waals surface area contributed by atoms with Crippen LogP contribution in [0.25, 0.3) is 5.65 Å². The Kier molecular flexibility index (Phi) is 1.09. The van der Waals surface area contributed by atoms with Crippen molar-refractivity contribution in [2.45, 2.75) is 18.8 Å². The lowest BCUT2D eigenvalue weighted by Gasteiger charge is -1.97. The maximum absolute atomic E-state index is 4.25. The molecule has 60 valence electrons. The number of hydrogen-bond donors (Lipinski definition) is 0. The summed E-state index contributed by atoms with van der Waals surface area (Å²) in [7, 11) is 0. The van der Waals surface area contributed by atoms with E-state index in [9.17, 15) is 0 Å². The predicted octanol–water partition coefficient (Wildman–Crippen LogP) is 2.21. The molecule has 2 aromatic rings. The molecule has 1 aliphatic carbocycles. The lowest BCUT2D eigenvalue weighted by atomic mass is 10.2. The fourth-order valence-electron chi connectivity index (χ4n) is 1.60. The number of fused-ring (bicyclic) bond motifs is 1. The average Bonchev–Trinajstić information content (AvgIpc) is 2.84. The van der Waals surface area contributed by atoms with Crippen LogP contribution >= 0.6 is 0 Å². The molecule has 0 bridgehead atoms. The molecule has 2 heterocycles. The smallest absolute Gasteiger partial charge is 0.136 e. The van der Waals surface area contributed by atoms with Gasteiger partial charge in [-0.25, -0.2) is 4.98 Å². The SMILES string of the molecule is c1cn2ccc(C3CC3)cc2n1. The van der Waals surface area contributed by atoms with Crippen molar-refractivity contribution in [2.75, 3.05) is 0 Å². The van der Waals surface area contributed by atoms with Gasteiger partial charge >= 0.3 is 0 Å². The fraction of sp³-hybridized carbons (Fsp3) is 0.300. The first-order chi connectivity index (χ1) is 5.93. The third-order valence-electron chi connectivity index (χ3n) is 2.47. The van der Waals surface area contributed by atoms with Crippen molar-refractivity contribution in [1.82, 2.24) is 9.38 Å². The van der Waals surface area contributed by atoms with Crippen LogP contribution in [0.1, 0.15) is 24.3 Å². The van der Waals surface area contributed by atoms with Crippen molar-refractivity contribution in [3.63, 3.8) is 0 Å². The Bertz CT molecular complexity index is 412. The van der Waals surface area contributed by atoms with Crippen molar-refractivity contribution < 1.29 is 0 Å². The lowest BCUT2D eigenvalue weighted by molar-refractivity contribution is 1.09. The van der Waals surface area contributed by atoms with Gasteiger partial charge in [-0.3, -0.25) is 0 Å². The molecule has 0 saturated heterocycles. The Hall–Kier alpha value is -1.31. The van der Waals surface area contributed by atoms with Gasteiger partial charge in [-0.1, -0.05) is 0 Å². The van der Waals surface area contributed by atoms with Gasteiger partial charge in [-0.2, -0.15) is 0 Å². The van der Waals surface area contributed by atoms with E-state index in [0.29, 0.717) is 0 Å². The van der Waals surface area contributed by atoms with Crippen molar-refractivity contribution in [3.05, 3.63) is 36.3 Å². The molecule has 0 amide bonds. The Morgan fingerprint density at radius 3 is 3.08 bits per heavy atom. The first kappa shape index (κ1) is 6.23. The normalized spacial score (nSPS) is 17.0. The van der Waals surface area contributed by atoms with E-state index in [1.807, 2.05) is 16.8 Å². The second-order valence-corrected chi connectivity index (χ2v) is 3.43. The first-order valence-corrected chi connectivity index (χ1v) is 4.36. The zero-order valence-corrected chi connectivity index (χ0v) is 6.77. The molecule has 2 aromatic heterocycles. The standard InChI is InChI=1S/C10H10N2/c1-2-8(1)9-3-5-12-6-4-11-10(12)7-9/h3-8H,1-2H2. The largest absolute Gasteiger partial charge is 0.307 e. The molecule has 2 nitrogen and oxygen atoms in total. The highest BCUT2D eigenvalue weighted by molar-refractivity contribution is 5.43. The molecular weight excluding hydrogens is 148 g/mol. The minimum absolute atomic E-state index is 0.826. The maximum atomic E-state index is 4.25. The summed E-state index contributed by atoms with van der Waals surface area (Å²) >= 11 is 0. The minimum Gasteiger partial charge on any atom is -0.307 e. The molecule has 0 unspecified atom stereocenters. The number of hydrogen-bond acceptors (Lipinski definition) is 1. The molecule has 1 aliphatic rings. The van der Waals surface area contributed by atoms with E-state index >= 15 is 0 Å². The van der Waals surface area contributed by atoms with Crippen LogP contribution in [-0.4, -0.2) is 9.38 Å². The summed E-state index contributed by atoms with van der Waals surface area (Å²) in [6.07, 6.45) is 8.63. The molecule has 0 atom stereocenters. The number of nitrogens with zero attached hydrogens (tertiary/aromatic N) is 2. The number of rotatable bonds is 1. The summed E-state index contributed by atoms with van der Waals surface area (Å²) < 4.78 is 2.05. The second-order valence-electron chi connectivity index (χ2n) is 3.43. The van der Waals surface area contributed by atoms with Crippen molar-refractivity contribution in [3.8, 4) is 0 Å². The van der Waals surface area contributed by atoms with Crippen molar-refractivity contribution in [2.24, 2.45) is 0 Å². The predicted molar refractivity (Wildman–Crippen MR) is 47.2 cm³/mol. The Balaban J connectivity index is 2.21. The molecule has 0 spiro atoms. The van der Waals surface area contributed by atoms with Gasteiger partial charge in [0.1, 0.15) is 5.65 Å². The van der Waals surface area contributed by atoms with Crippen LogP contribution in [0.5, 0.6) is 0 Å². The molecule has 1 fully saturated rings. The number of pyridine rings is 1. The highest BCUT2D eigenvalue weighted by atomic mass is 15.0. The van der Waals surface area contributed by atoms with Crippen LogP contribution in [-0.2, 0) is 0 Å². The van der Waals surface area contributed by atoms with Crippen LogP contribution in [0.3, 0.4) is 0 Å². The fourth-order valence-corrected chi connectivity index (χ4v) is 1.60. The monoisotopic (exact) mass is 158 g/mol. The zero-order valence-electron chi connectivity index (χ0n) is 6.77. The zero-order chi connectivity index (χ0) is 7.97.